The first-order valence-electron chi connectivity index (χ1n) is 7.18. The van der Waals surface area contributed by atoms with Crippen molar-refractivity contribution in [1.29, 1.82) is 5.26 Å². The van der Waals surface area contributed by atoms with Gasteiger partial charge in [0, 0.05) is 31.1 Å². The summed E-state index contributed by atoms with van der Waals surface area (Å²) >= 11 is 0. The van der Waals surface area contributed by atoms with Crippen LogP contribution in [0.1, 0.15) is 35.7 Å². The topological polar surface area (TPSA) is 57.0 Å². The van der Waals surface area contributed by atoms with E-state index in [-0.39, 0.29) is 18.3 Å². The summed E-state index contributed by atoms with van der Waals surface area (Å²) in [5.41, 5.74) is 4.95. The van der Waals surface area contributed by atoms with Gasteiger partial charge in [0.2, 0.25) is 5.91 Å². The summed E-state index contributed by atoms with van der Waals surface area (Å²) in [6, 6.07) is 7.78. The predicted octanol–water partition coefficient (Wildman–Crippen LogP) is 3.13. The van der Waals surface area contributed by atoms with Crippen LogP contribution in [0.2, 0.25) is 0 Å². The van der Waals surface area contributed by atoms with Crippen LogP contribution >= 0.6 is 12.4 Å². The van der Waals surface area contributed by atoms with Crippen LogP contribution in [-0.2, 0) is 17.8 Å². The van der Waals surface area contributed by atoms with Crippen LogP contribution in [0.4, 0.5) is 0 Å². The molecule has 1 aliphatic rings. The molecule has 4 nitrogen and oxygen atoms in total. The number of amides is 1. The number of carbonyl (C=O) groups is 1. The number of rotatable bonds is 0. The van der Waals surface area contributed by atoms with Gasteiger partial charge in [0.15, 0.2) is 0 Å². The first kappa shape index (κ1) is 16.3. The molecule has 3 rings (SSSR count). The van der Waals surface area contributed by atoms with Crippen molar-refractivity contribution in [2.24, 2.45) is 0 Å². The predicted molar refractivity (Wildman–Crippen MR) is 87.9 cm³/mol. The summed E-state index contributed by atoms with van der Waals surface area (Å²) in [7, 11) is 0. The van der Waals surface area contributed by atoms with Crippen LogP contribution in [0, 0.1) is 18.3 Å². The first-order chi connectivity index (χ1) is 10.1. The zero-order chi connectivity index (χ0) is 15.0. The fraction of sp³-hybridized carbons (Fsp3) is 0.353. The van der Waals surface area contributed by atoms with Gasteiger partial charge in [-0.1, -0.05) is 0 Å². The second-order valence-electron chi connectivity index (χ2n) is 5.55. The molecular weight excluding hydrogens is 298 g/mol. The molecule has 114 valence electrons. The molecule has 1 amide bonds. The Hall–Kier alpha value is -2.12. The second-order valence-corrected chi connectivity index (χ2v) is 5.55. The fourth-order valence-corrected chi connectivity index (χ4v) is 2.99. The van der Waals surface area contributed by atoms with Gasteiger partial charge < -0.3 is 4.90 Å². The standard InChI is InChI=1S/C17H17N3O.ClH/c1-11-14-8-13(9-18)5-6-17(14)19-16-4-3-7-20(12(2)21)10-15(11)16;/h5-6,8H,3-4,7,10H2,1-2H3;1H. The molecule has 22 heavy (non-hydrogen) atoms. The molecule has 0 radical (unpaired) electrons. The van der Waals surface area contributed by atoms with Crippen LogP contribution in [0.3, 0.4) is 0 Å². The molecule has 1 aromatic carbocycles. The molecule has 1 aliphatic heterocycles. The lowest BCUT2D eigenvalue weighted by molar-refractivity contribution is -0.129. The Morgan fingerprint density at radius 3 is 2.86 bits per heavy atom. The molecule has 0 spiro atoms. The lowest BCUT2D eigenvalue weighted by atomic mass is 9.99. The third-order valence-electron chi connectivity index (χ3n) is 4.22. The summed E-state index contributed by atoms with van der Waals surface area (Å²) in [6.45, 7) is 5.08. The van der Waals surface area contributed by atoms with Crippen molar-refractivity contribution in [3.63, 3.8) is 0 Å². The number of aromatic nitrogens is 1. The molecule has 0 aliphatic carbocycles. The van der Waals surface area contributed by atoms with E-state index in [4.69, 9.17) is 10.2 Å². The maximum Gasteiger partial charge on any atom is 0.219 e. The minimum absolute atomic E-state index is 0. The van der Waals surface area contributed by atoms with E-state index in [9.17, 15) is 4.79 Å². The Morgan fingerprint density at radius 1 is 1.41 bits per heavy atom. The molecule has 0 bridgehead atoms. The highest BCUT2D eigenvalue weighted by molar-refractivity contribution is 5.85. The van der Waals surface area contributed by atoms with Crippen LogP contribution < -0.4 is 0 Å². The van der Waals surface area contributed by atoms with E-state index in [1.807, 2.05) is 17.0 Å². The quantitative estimate of drug-likeness (QED) is 0.750. The highest BCUT2D eigenvalue weighted by Crippen LogP contribution is 2.27. The number of benzene rings is 1. The van der Waals surface area contributed by atoms with Crippen LogP contribution in [0.5, 0.6) is 0 Å². The number of nitrogens with zero attached hydrogens (tertiary/aromatic N) is 3. The van der Waals surface area contributed by atoms with Gasteiger partial charge in [0.05, 0.1) is 17.1 Å². The number of hydrogen-bond acceptors (Lipinski definition) is 3. The van der Waals surface area contributed by atoms with Crippen molar-refractivity contribution < 1.29 is 4.79 Å². The van der Waals surface area contributed by atoms with Crippen molar-refractivity contribution in [3.05, 3.63) is 40.6 Å². The SMILES string of the molecule is CC(=O)N1CCCc2nc3ccc(C#N)cc3c(C)c2C1.Cl. The van der Waals surface area contributed by atoms with E-state index in [0.717, 1.165) is 47.1 Å². The van der Waals surface area contributed by atoms with E-state index >= 15 is 0 Å². The molecule has 0 atom stereocenters. The second kappa shape index (κ2) is 6.33. The molecule has 0 saturated carbocycles. The summed E-state index contributed by atoms with van der Waals surface area (Å²) in [5, 5.41) is 10.1. The third kappa shape index (κ3) is 2.77. The van der Waals surface area contributed by atoms with Gasteiger partial charge >= 0.3 is 0 Å². The van der Waals surface area contributed by atoms with Crippen molar-refractivity contribution in [1.82, 2.24) is 9.88 Å². The Morgan fingerprint density at radius 2 is 2.18 bits per heavy atom. The minimum Gasteiger partial charge on any atom is -0.339 e. The number of hydrogen-bond donors (Lipinski definition) is 0. The van der Waals surface area contributed by atoms with E-state index in [1.165, 1.54) is 0 Å². The van der Waals surface area contributed by atoms with E-state index in [0.29, 0.717) is 12.1 Å². The zero-order valence-corrected chi connectivity index (χ0v) is 13.5. The average molecular weight is 316 g/mol. The molecule has 2 aromatic rings. The highest BCUT2D eigenvalue weighted by atomic mass is 35.5. The summed E-state index contributed by atoms with van der Waals surface area (Å²) in [4.78, 5) is 18.3. The van der Waals surface area contributed by atoms with E-state index < -0.39 is 0 Å². The van der Waals surface area contributed by atoms with Crippen LogP contribution in [-0.4, -0.2) is 22.3 Å². The van der Waals surface area contributed by atoms with Crippen molar-refractivity contribution in [2.45, 2.75) is 33.2 Å². The Balaban J connectivity index is 0.00000176. The Bertz CT molecular complexity index is 780. The van der Waals surface area contributed by atoms with Gasteiger partial charge in [-0.15, -0.1) is 12.4 Å². The Kier molecular flexibility index (Phi) is 4.68. The van der Waals surface area contributed by atoms with Gasteiger partial charge in [0.25, 0.3) is 0 Å². The van der Waals surface area contributed by atoms with Crippen molar-refractivity contribution >= 4 is 29.2 Å². The lowest BCUT2D eigenvalue weighted by Gasteiger charge is -2.20. The summed E-state index contributed by atoms with van der Waals surface area (Å²) in [6.07, 6.45) is 1.84. The number of carbonyl (C=O) groups excluding carboxylic acids is 1. The fourth-order valence-electron chi connectivity index (χ4n) is 2.99. The van der Waals surface area contributed by atoms with Gasteiger partial charge in [-0.25, -0.2) is 0 Å². The monoisotopic (exact) mass is 315 g/mol. The van der Waals surface area contributed by atoms with Gasteiger partial charge in [-0.05, 0) is 49.1 Å². The molecule has 1 aromatic heterocycles. The molecule has 0 N–H and O–H groups in total. The summed E-state index contributed by atoms with van der Waals surface area (Å²) in [5.74, 6) is 0.105. The maximum absolute atomic E-state index is 11.7. The molecule has 0 saturated heterocycles. The molecular formula is C17H18ClN3O. The van der Waals surface area contributed by atoms with Crippen LogP contribution in [0.15, 0.2) is 18.2 Å². The number of pyridine rings is 1. The normalized spacial score (nSPS) is 13.8. The van der Waals surface area contributed by atoms with Gasteiger partial charge in [-0.2, -0.15) is 5.26 Å². The summed E-state index contributed by atoms with van der Waals surface area (Å²) < 4.78 is 0. The highest BCUT2D eigenvalue weighted by Gasteiger charge is 2.20. The van der Waals surface area contributed by atoms with E-state index in [2.05, 4.69) is 13.0 Å². The number of fused-ring (bicyclic) bond motifs is 2. The Labute approximate surface area is 136 Å². The number of nitriles is 1. The lowest BCUT2D eigenvalue weighted by Crippen LogP contribution is -2.28. The molecule has 5 heteroatoms. The number of halogens is 1. The van der Waals surface area contributed by atoms with Crippen LogP contribution in [0.25, 0.3) is 10.9 Å². The van der Waals surface area contributed by atoms with Gasteiger partial charge in [0.1, 0.15) is 0 Å². The maximum atomic E-state index is 11.7. The smallest absolute Gasteiger partial charge is 0.219 e. The van der Waals surface area contributed by atoms with E-state index in [1.54, 1.807) is 13.0 Å². The van der Waals surface area contributed by atoms with Crippen molar-refractivity contribution in [3.8, 4) is 6.07 Å². The largest absolute Gasteiger partial charge is 0.339 e. The molecule has 2 heterocycles. The molecule has 0 fully saturated rings. The number of aryl methyl sites for hydroxylation is 2. The van der Waals surface area contributed by atoms with Crippen molar-refractivity contribution in [2.75, 3.05) is 6.54 Å². The minimum atomic E-state index is 0. The van der Waals surface area contributed by atoms with Gasteiger partial charge in [-0.3, -0.25) is 9.78 Å². The average Bonchev–Trinajstić information content (AvgIpc) is 2.70. The molecule has 0 unspecified atom stereocenters. The third-order valence-corrected chi connectivity index (χ3v) is 4.22. The zero-order valence-electron chi connectivity index (χ0n) is 12.7. The first-order valence-corrected chi connectivity index (χ1v) is 7.18.